The Hall–Kier alpha value is -3.51. The summed E-state index contributed by atoms with van der Waals surface area (Å²) in [6.07, 6.45) is 3.01. The molecule has 0 rings (SSSR count). The molecule has 0 saturated carbocycles. The van der Waals surface area contributed by atoms with Crippen LogP contribution in [0.4, 0.5) is 0 Å². The van der Waals surface area contributed by atoms with Crippen LogP contribution in [0, 0.1) is 0 Å². The zero-order valence-electron chi connectivity index (χ0n) is 21.2. The first-order valence-electron chi connectivity index (χ1n) is 12.0. The van der Waals surface area contributed by atoms with Gasteiger partial charge in [0.05, 0.1) is 0 Å². The number of hydrogen-bond acceptors (Lipinski definition) is 7. The van der Waals surface area contributed by atoms with Crippen LogP contribution >= 0.6 is 0 Å². The highest BCUT2D eigenvalue weighted by atomic mass is 16.4. The molecule has 0 aromatic carbocycles. The Balaban J connectivity index is 4.27. The molecule has 0 aliphatic heterocycles. The van der Waals surface area contributed by atoms with Crippen molar-refractivity contribution in [2.75, 3.05) is 13.6 Å². The van der Waals surface area contributed by atoms with Crippen molar-refractivity contribution in [2.45, 2.75) is 89.8 Å². The molecule has 204 valence electrons. The lowest BCUT2D eigenvalue weighted by Gasteiger charge is -2.25. The molecule has 0 spiro atoms. The summed E-state index contributed by atoms with van der Waals surface area (Å²) in [5, 5.41) is 16.9. The van der Waals surface area contributed by atoms with E-state index < -0.39 is 47.7 Å². The number of likely N-dealkylation sites (N-methyl/N-ethyl adjacent to an activating group) is 1. The number of amides is 5. The van der Waals surface area contributed by atoms with Gasteiger partial charge in [-0.15, -0.1) is 0 Å². The van der Waals surface area contributed by atoms with Crippen LogP contribution in [0.25, 0.3) is 0 Å². The number of unbranched alkanes of at least 4 members (excludes halogenated alkanes) is 2. The normalized spacial score (nSPS) is 13.0. The Morgan fingerprint density at radius 3 is 2.03 bits per heavy atom. The number of hydrogen-bond donors (Lipinski definition) is 5. The minimum absolute atomic E-state index is 0.0512. The fourth-order valence-electron chi connectivity index (χ4n) is 3.13. The van der Waals surface area contributed by atoms with Crippen molar-refractivity contribution < 1.29 is 38.7 Å². The zero-order chi connectivity index (χ0) is 27.7. The largest absolute Gasteiger partial charge is 0.480 e. The number of nitrogens with one attached hydrogen (secondary N) is 3. The van der Waals surface area contributed by atoms with Gasteiger partial charge in [0, 0.05) is 39.3 Å². The molecule has 0 saturated heterocycles. The zero-order valence-corrected chi connectivity index (χ0v) is 21.2. The molecular formula is C23H39N5O8. The van der Waals surface area contributed by atoms with Gasteiger partial charge in [-0.3, -0.25) is 24.0 Å². The molecule has 5 amide bonds. The number of carbonyl (C=O) groups is 7. The maximum absolute atomic E-state index is 12.3. The number of aliphatic carboxylic acids is 1. The van der Waals surface area contributed by atoms with E-state index in [0.29, 0.717) is 32.2 Å². The van der Waals surface area contributed by atoms with Gasteiger partial charge in [-0.25, -0.2) is 4.79 Å². The second-order valence-electron chi connectivity index (χ2n) is 8.53. The van der Waals surface area contributed by atoms with E-state index in [1.165, 1.54) is 20.9 Å². The first-order chi connectivity index (χ1) is 16.9. The second-order valence-corrected chi connectivity index (χ2v) is 8.53. The molecule has 0 aromatic rings. The third kappa shape index (κ3) is 14.0. The van der Waals surface area contributed by atoms with Gasteiger partial charge in [-0.1, -0.05) is 0 Å². The third-order valence-electron chi connectivity index (χ3n) is 5.50. The van der Waals surface area contributed by atoms with Crippen LogP contribution in [-0.2, 0) is 33.6 Å². The van der Waals surface area contributed by atoms with E-state index in [4.69, 9.17) is 5.73 Å². The van der Waals surface area contributed by atoms with E-state index in [0.717, 1.165) is 11.2 Å². The molecule has 3 atom stereocenters. The summed E-state index contributed by atoms with van der Waals surface area (Å²) in [4.78, 5) is 82.0. The maximum Gasteiger partial charge on any atom is 0.326 e. The van der Waals surface area contributed by atoms with E-state index >= 15 is 0 Å². The fourth-order valence-corrected chi connectivity index (χ4v) is 3.13. The minimum Gasteiger partial charge on any atom is -0.480 e. The number of aldehydes is 1. The van der Waals surface area contributed by atoms with Crippen molar-refractivity contribution in [1.82, 2.24) is 20.9 Å². The molecule has 0 radical (unpaired) electrons. The van der Waals surface area contributed by atoms with Gasteiger partial charge in [0.1, 0.15) is 24.4 Å². The molecule has 0 heterocycles. The van der Waals surface area contributed by atoms with Gasteiger partial charge in [-0.05, 0) is 46.0 Å². The highest BCUT2D eigenvalue weighted by Gasteiger charge is 2.25. The second kappa shape index (κ2) is 17.9. The fraction of sp³-hybridized carbons (Fsp3) is 0.696. The predicted molar refractivity (Wildman–Crippen MR) is 129 cm³/mol. The van der Waals surface area contributed by atoms with E-state index in [2.05, 4.69) is 16.0 Å². The Morgan fingerprint density at radius 2 is 1.47 bits per heavy atom. The summed E-state index contributed by atoms with van der Waals surface area (Å²) in [7, 11) is 1.40. The summed E-state index contributed by atoms with van der Waals surface area (Å²) >= 11 is 0. The quantitative estimate of drug-likeness (QED) is 0.109. The van der Waals surface area contributed by atoms with Crippen LogP contribution < -0.4 is 21.7 Å². The highest BCUT2D eigenvalue weighted by Crippen LogP contribution is 2.05. The van der Waals surface area contributed by atoms with Crippen LogP contribution in [0.5, 0.6) is 0 Å². The van der Waals surface area contributed by atoms with Gasteiger partial charge in [0.2, 0.25) is 29.5 Å². The monoisotopic (exact) mass is 513 g/mol. The lowest BCUT2D eigenvalue weighted by molar-refractivity contribution is -0.142. The number of nitrogens with two attached hydrogens (primary N) is 1. The van der Waals surface area contributed by atoms with Crippen LogP contribution in [0.3, 0.4) is 0 Å². The third-order valence-corrected chi connectivity index (χ3v) is 5.50. The summed E-state index contributed by atoms with van der Waals surface area (Å²) in [6.45, 7) is 3.30. The van der Waals surface area contributed by atoms with Gasteiger partial charge in [-0.2, -0.15) is 0 Å². The Bertz CT molecular complexity index is 788. The van der Waals surface area contributed by atoms with Gasteiger partial charge < -0.3 is 36.5 Å². The molecule has 0 aliphatic carbocycles. The molecule has 13 heteroatoms. The van der Waals surface area contributed by atoms with Crippen LogP contribution in [-0.4, -0.2) is 83.5 Å². The lowest BCUT2D eigenvalue weighted by Crippen LogP contribution is -2.51. The van der Waals surface area contributed by atoms with E-state index in [-0.39, 0.29) is 38.0 Å². The van der Waals surface area contributed by atoms with Crippen molar-refractivity contribution >= 4 is 41.8 Å². The summed E-state index contributed by atoms with van der Waals surface area (Å²) in [6, 6.07) is -2.81. The van der Waals surface area contributed by atoms with Gasteiger partial charge >= 0.3 is 5.97 Å². The topological polar surface area (TPSA) is 205 Å². The summed E-state index contributed by atoms with van der Waals surface area (Å²) in [5.74, 6) is -3.50. The number of carboxylic acids is 1. The molecule has 0 aromatic heterocycles. The maximum atomic E-state index is 12.3. The van der Waals surface area contributed by atoms with Gasteiger partial charge in [0.25, 0.3) is 0 Å². The van der Waals surface area contributed by atoms with Gasteiger partial charge in [0.15, 0.2) is 0 Å². The number of carbonyl (C=O) groups excluding carboxylic acids is 6. The van der Waals surface area contributed by atoms with Crippen LogP contribution in [0.1, 0.15) is 71.6 Å². The average Bonchev–Trinajstić information content (AvgIpc) is 2.81. The first kappa shape index (κ1) is 32.5. The molecular weight excluding hydrogens is 474 g/mol. The molecule has 0 aliphatic rings. The average molecular weight is 514 g/mol. The lowest BCUT2D eigenvalue weighted by atomic mass is 10.1. The van der Waals surface area contributed by atoms with E-state index in [1.807, 2.05) is 0 Å². The molecule has 13 nitrogen and oxygen atoms in total. The smallest absolute Gasteiger partial charge is 0.326 e. The standard InChI is InChI=1S/C23H39N5O8/c1-15(22(34)28(3)16(2)21(24)33)26-19(31)11-8-12-20(32)27-17(23(35)36)9-4-6-13-25-18(30)10-5-7-14-29/h14-17H,4-13H2,1-3H3,(H2,24,33)(H,25,30)(H,26,31)(H,27,32)(H,35,36)/t15-,16-,17-/m0/s1. The van der Waals surface area contributed by atoms with Crippen LogP contribution in [0.15, 0.2) is 0 Å². The van der Waals surface area contributed by atoms with Crippen molar-refractivity contribution in [3.05, 3.63) is 0 Å². The Morgan fingerprint density at radius 1 is 0.889 bits per heavy atom. The molecule has 0 unspecified atom stereocenters. The summed E-state index contributed by atoms with van der Waals surface area (Å²) in [5.41, 5.74) is 5.17. The highest BCUT2D eigenvalue weighted by molar-refractivity contribution is 5.91. The van der Waals surface area contributed by atoms with E-state index in [1.54, 1.807) is 0 Å². The predicted octanol–water partition coefficient (Wildman–Crippen LogP) is -0.781. The molecule has 0 fully saturated rings. The van der Waals surface area contributed by atoms with E-state index in [9.17, 15) is 38.7 Å². The number of rotatable bonds is 19. The first-order valence-corrected chi connectivity index (χ1v) is 12.0. The van der Waals surface area contributed by atoms with Crippen molar-refractivity contribution in [1.29, 1.82) is 0 Å². The number of carboxylic acid groups (broad SMARTS) is 1. The summed E-state index contributed by atoms with van der Waals surface area (Å²) < 4.78 is 0. The number of nitrogens with zero attached hydrogens (tertiary/aromatic N) is 1. The van der Waals surface area contributed by atoms with Crippen LogP contribution in [0.2, 0.25) is 0 Å². The molecule has 6 N–H and O–H groups in total. The number of primary amides is 1. The van der Waals surface area contributed by atoms with Crippen molar-refractivity contribution in [3.8, 4) is 0 Å². The van der Waals surface area contributed by atoms with Crippen molar-refractivity contribution in [3.63, 3.8) is 0 Å². The molecule has 0 bridgehead atoms. The Labute approximate surface area is 210 Å². The Kier molecular flexibility index (Phi) is 16.1. The SMILES string of the molecule is C[C@H](NC(=O)CCCC(=O)N[C@@H](CCCCNC(=O)CCCC=O)C(=O)O)C(=O)N(C)[C@@H](C)C(N)=O. The minimum atomic E-state index is -1.18. The van der Waals surface area contributed by atoms with Crippen molar-refractivity contribution in [2.24, 2.45) is 5.73 Å². The molecule has 36 heavy (non-hydrogen) atoms.